The van der Waals surface area contributed by atoms with Crippen molar-refractivity contribution in [1.29, 1.82) is 5.41 Å². The van der Waals surface area contributed by atoms with Crippen molar-refractivity contribution in [1.82, 2.24) is 20.7 Å². The molecule has 0 aliphatic carbocycles. The van der Waals surface area contributed by atoms with Crippen LogP contribution in [0.4, 0.5) is 18.9 Å². The average Bonchev–Trinajstić information content (AvgIpc) is 2.90. The van der Waals surface area contributed by atoms with Crippen molar-refractivity contribution in [2.75, 3.05) is 45.8 Å². The number of pyridine rings is 1. The van der Waals surface area contributed by atoms with Gasteiger partial charge in [-0.15, -0.1) is 0 Å². The number of hydrogen-bond acceptors (Lipinski definition) is 7. The number of hydrazine groups is 1. The number of benzene rings is 1. The molecule has 0 atom stereocenters. The Balaban J connectivity index is 1.63. The molecule has 0 saturated carbocycles. The molecular formula is C25H31F3N6O2. The number of alkyl halides is 2. The quantitative estimate of drug-likeness (QED) is 0.318. The highest BCUT2D eigenvalue weighted by Crippen LogP contribution is 2.36. The van der Waals surface area contributed by atoms with Gasteiger partial charge in [0.05, 0.1) is 12.8 Å². The minimum Gasteiger partial charge on any atom is -0.481 e. The molecule has 11 heteroatoms. The van der Waals surface area contributed by atoms with E-state index in [2.05, 4.69) is 21.0 Å². The van der Waals surface area contributed by atoms with Crippen molar-refractivity contribution < 1.29 is 22.6 Å². The van der Waals surface area contributed by atoms with E-state index in [1.807, 2.05) is 5.01 Å². The summed E-state index contributed by atoms with van der Waals surface area (Å²) >= 11 is 0. The summed E-state index contributed by atoms with van der Waals surface area (Å²) in [4.78, 5) is 3.98. The lowest BCUT2D eigenvalue weighted by Crippen LogP contribution is -2.46. The van der Waals surface area contributed by atoms with Gasteiger partial charge >= 0.3 is 0 Å². The minimum atomic E-state index is -2.85. The Bertz CT molecular complexity index is 1120. The number of ether oxygens (including phenoxy) is 2. The third-order valence-electron chi connectivity index (χ3n) is 6.45. The molecule has 0 radical (unpaired) electrons. The van der Waals surface area contributed by atoms with E-state index in [1.54, 1.807) is 7.05 Å². The van der Waals surface area contributed by atoms with Crippen molar-refractivity contribution in [2.45, 2.75) is 31.7 Å². The van der Waals surface area contributed by atoms with Crippen LogP contribution >= 0.6 is 0 Å². The minimum absolute atomic E-state index is 0.0399. The van der Waals surface area contributed by atoms with E-state index >= 15 is 4.39 Å². The second kappa shape index (κ2) is 11.7. The lowest BCUT2D eigenvalue weighted by molar-refractivity contribution is 0.0795. The number of halogens is 3. The fraction of sp³-hybridized carbons (Fsp3) is 0.440. The third kappa shape index (κ3) is 5.97. The maximum absolute atomic E-state index is 15.2. The molecule has 4 N–H and O–H groups in total. The van der Waals surface area contributed by atoms with E-state index in [0.717, 1.165) is 37.2 Å². The molecule has 194 valence electrons. The summed E-state index contributed by atoms with van der Waals surface area (Å²) in [5.74, 6) is -0.544. The molecule has 1 aromatic carbocycles. The number of rotatable bonds is 8. The van der Waals surface area contributed by atoms with Crippen LogP contribution in [0.15, 0.2) is 41.7 Å². The van der Waals surface area contributed by atoms with Gasteiger partial charge in [0.25, 0.3) is 6.43 Å². The Morgan fingerprint density at radius 1 is 1.25 bits per heavy atom. The van der Waals surface area contributed by atoms with E-state index in [-0.39, 0.29) is 34.6 Å². The fourth-order valence-corrected chi connectivity index (χ4v) is 4.45. The van der Waals surface area contributed by atoms with Crippen LogP contribution in [0, 0.1) is 11.2 Å². The van der Waals surface area contributed by atoms with Crippen LogP contribution < -0.4 is 20.8 Å². The van der Waals surface area contributed by atoms with Crippen molar-refractivity contribution in [3.63, 3.8) is 0 Å². The summed E-state index contributed by atoms with van der Waals surface area (Å²) in [5.41, 5.74) is 4.52. The molecule has 3 heterocycles. The van der Waals surface area contributed by atoms with Crippen LogP contribution in [0.3, 0.4) is 0 Å². The number of hydrogen-bond donors (Lipinski definition) is 4. The zero-order valence-corrected chi connectivity index (χ0v) is 20.3. The Hall–Kier alpha value is -3.15. The van der Waals surface area contributed by atoms with Gasteiger partial charge in [-0.1, -0.05) is 0 Å². The first kappa shape index (κ1) is 25.9. The number of anilines is 1. The lowest BCUT2D eigenvalue weighted by Gasteiger charge is -2.34. The van der Waals surface area contributed by atoms with Crippen LogP contribution in [0.2, 0.25) is 0 Å². The van der Waals surface area contributed by atoms with Crippen molar-refractivity contribution in [2.24, 2.45) is 0 Å². The van der Waals surface area contributed by atoms with Gasteiger partial charge in [-0.05, 0) is 49.2 Å². The molecule has 36 heavy (non-hydrogen) atoms. The normalized spacial score (nSPS) is 17.4. The van der Waals surface area contributed by atoms with Crippen LogP contribution in [-0.2, 0) is 4.74 Å². The molecule has 0 unspecified atom stereocenters. The highest BCUT2D eigenvalue weighted by Gasteiger charge is 2.26. The van der Waals surface area contributed by atoms with E-state index in [1.165, 1.54) is 25.4 Å². The molecule has 1 saturated heterocycles. The predicted molar refractivity (Wildman–Crippen MR) is 132 cm³/mol. The van der Waals surface area contributed by atoms with Crippen LogP contribution in [0.1, 0.15) is 31.3 Å². The highest BCUT2D eigenvalue weighted by atomic mass is 19.3. The van der Waals surface area contributed by atoms with E-state index in [9.17, 15) is 8.78 Å². The van der Waals surface area contributed by atoms with E-state index in [0.29, 0.717) is 37.3 Å². The molecule has 0 spiro atoms. The molecular weight excluding hydrogens is 473 g/mol. The highest BCUT2D eigenvalue weighted by molar-refractivity contribution is 6.07. The molecule has 2 aliphatic rings. The smallest absolute Gasteiger partial charge is 0.264 e. The summed E-state index contributed by atoms with van der Waals surface area (Å²) in [6.45, 7) is 2.50. The molecule has 2 aromatic rings. The zero-order chi connectivity index (χ0) is 25.7. The maximum atomic E-state index is 15.2. The van der Waals surface area contributed by atoms with E-state index < -0.39 is 12.2 Å². The van der Waals surface area contributed by atoms with Crippen molar-refractivity contribution in [3.05, 3.63) is 53.1 Å². The number of aromatic nitrogens is 1. The lowest BCUT2D eigenvalue weighted by atomic mass is 9.99. The third-order valence-corrected chi connectivity index (χ3v) is 6.45. The standard InChI is InChI=1S/C25H31F3N6O2/c1-30-34-8-4-21(32-16-5-9-36-10-6-16)19(14-34)25(29)33-22-13-18(24(27)28)17(12-20(22)26)15-3-7-31-23(11-15)35-2/h3,7,11-13,16,24,30,32H,4-6,8-10,14H2,1-2H3,(H2,29,33). The first-order valence-corrected chi connectivity index (χ1v) is 11.9. The van der Waals surface area contributed by atoms with Gasteiger partial charge in [0.1, 0.15) is 11.7 Å². The van der Waals surface area contributed by atoms with Crippen LogP contribution in [0.5, 0.6) is 5.88 Å². The van der Waals surface area contributed by atoms with Gasteiger partial charge in [0.2, 0.25) is 5.88 Å². The fourth-order valence-electron chi connectivity index (χ4n) is 4.45. The molecule has 8 nitrogen and oxygen atoms in total. The molecule has 4 rings (SSSR count). The number of nitrogens with zero attached hydrogens (tertiary/aromatic N) is 2. The topological polar surface area (TPSA) is 94.5 Å². The monoisotopic (exact) mass is 504 g/mol. The zero-order valence-electron chi connectivity index (χ0n) is 20.3. The van der Waals surface area contributed by atoms with Gasteiger partial charge in [-0.3, -0.25) is 10.8 Å². The van der Waals surface area contributed by atoms with Crippen molar-refractivity contribution >= 4 is 11.5 Å². The summed E-state index contributed by atoms with van der Waals surface area (Å²) < 4.78 is 53.7. The Kier molecular flexibility index (Phi) is 8.44. The molecule has 1 aromatic heterocycles. The average molecular weight is 505 g/mol. The SMILES string of the molecule is CNN1CCC(NC2CCOCC2)=C(C(=N)Nc2cc(C(F)F)c(-c3ccnc(OC)c3)cc2F)C1. The number of methoxy groups -OCH3 is 1. The summed E-state index contributed by atoms with van der Waals surface area (Å²) in [6, 6.07) is 5.36. The summed E-state index contributed by atoms with van der Waals surface area (Å²) in [7, 11) is 3.21. The second-order valence-corrected chi connectivity index (χ2v) is 8.69. The Labute approximate surface area is 208 Å². The molecule has 0 amide bonds. The first-order valence-electron chi connectivity index (χ1n) is 11.9. The van der Waals surface area contributed by atoms with Crippen molar-refractivity contribution in [3.8, 4) is 17.0 Å². The van der Waals surface area contributed by atoms with Gasteiger partial charge in [0, 0.05) is 67.9 Å². The first-order chi connectivity index (χ1) is 17.4. The van der Waals surface area contributed by atoms with Gasteiger partial charge in [0.15, 0.2) is 0 Å². The Morgan fingerprint density at radius 3 is 2.72 bits per heavy atom. The maximum Gasteiger partial charge on any atom is 0.264 e. The van der Waals surface area contributed by atoms with Gasteiger partial charge in [-0.25, -0.2) is 23.2 Å². The van der Waals surface area contributed by atoms with Gasteiger partial charge in [-0.2, -0.15) is 0 Å². The molecule has 0 bridgehead atoms. The van der Waals surface area contributed by atoms with Gasteiger partial charge < -0.3 is 20.1 Å². The second-order valence-electron chi connectivity index (χ2n) is 8.69. The van der Waals surface area contributed by atoms with Crippen LogP contribution in [0.25, 0.3) is 11.1 Å². The Morgan fingerprint density at radius 2 is 2.03 bits per heavy atom. The summed E-state index contributed by atoms with van der Waals surface area (Å²) in [6.07, 6.45) is 0.959. The molecule has 1 fully saturated rings. The van der Waals surface area contributed by atoms with Crippen LogP contribution in [-0.4, -0.2) is 62.3 Å². The van der Waals surface area contributed by atoms with E-state index in [4.69, 9.17) is 14.9 Å². The number of nitrogens with one attached hydrogen (secondary N) is 4. The molecule has 2 aliphatic heterocycles. The number of amidine groups is 1. The largest absolute Gasteiger partial charge is 0.481 e. The summed E-state index contributed by atoms with van der Waals surface area (Å²) in [5, 5.41) is 16.9. The predicted octanol–water partition coefficient (Wildman–Crippen LogP) is 4.09.